The molecule has 0 aromatic heterocycles. The number of hydrogen-bond acceptors (Lipinski definition) is 3. The number of aliphatic hydroxyl groups excluding tert-OH is 1. The predicted octanol–water partition coefficient (Wildman–Crippen LogP) is 1.52. The van der Waals surface area contributed by atoms with Crippen molar-refractivity contribution in [3.05, 3.63) is 35.4 Å². The monoisotopic (exact) mass is 234 g/mol. The normalized spacial score (nSPS) is 23.6. The van der Waals surface area contributed by atoms with Crippen LogP contribution in [0.4, 0.5) is 0 Å². The third-order valence-corrected chi connectivity index (χ3v) is 3.64. The number of rotatable bonds is 3. The molecule has 94 valence electrons. The Morgan fingerprint density at radius 3 is 3.06 bits per heavy atom. The highest BCUT2D eigenvalue weighted by molar-refractivity contribution is 5.25. The number of likely N-dealkylation sites (tertiary alicyclic amines) is 1. The Balaban J connectivity index is 2.09. The van der Waals surface area contributed by atoms with Crippen molar-refractivity contribution in [3.8, 4) is 0 Å². The first kappa shape index (κ1) is 12.6. The molecule has 3 N–H and O–H groups in total. The fourth-order valence-corrected chi connectivity index (χ4v) is 2.64. The van der Waals surface area contributed by atoms with E-state index < -0.39 is 0 Å². The van der Waals surface area contributed by atoms with Crippen molar-refractivity contribution in [1.29, 1.82) is 0 Å². The fraction of sp³-hybridized carbons (Fsp3) is 0.571. The van der Waals surface area contributed by atoms with Crippen molar-refractivity contribution in [2.75, 3.05) is 20.1 Å². The second-order valence-electron chi connectivity index (χ2n) is 5.06. The molecule has 1 aliphatic heterocycles. The van der Waals surface area contributed by atoms with Gasteiger partial charge in [-0.25, -0.2) is 0 Å². The Morgan fingerprint density at radius 2 is 2.35 bits per heavy atom. The zero-order valence-corrected chi connectivity index (χ0v) is 10.5. The van der Waals surface area contributed by atoms with Gasteiger partial charge in [0.05, 0.1) is 6.10 Å². The van der Waals surface area contributed by atoms with E-state index in [2.05, 4.69) is 11.9 Å². The topological polar surface area (TPSA) is 49.5 Å². The molecule has 0 bridgehead atoms. The van der Waals surface area contributed by atoms with Gasteiger partial charge in [0.2, 0.25) is 0 Å². The molecule has 1 fully saturated rings. The SMILES string of the molecule is CN1CCCC(C(O)c2cccc(CN)c2)C1. The molecule has 1 aliphatic rings. The Morgan fingerprint density at radius 1 is 1.53 bits per heavy atom. The van der Waals surface area contributed by atoms with Gasteiger partial charge >= 0.3 is 0 Å². The summed E-state index contributed by atoms with van der Waals surface area (Å²) in [6, 6.07) is 8.01. The summed E-state index contributed by atoms with van der Waals surface area (Å²) in [5.74, 6) is 0.349. The van der Waals surface area contributed by atoms with Crippen LogP contribution in [0.25, 0.3) is 0 Å². The van der Waals surface area contributed by atoms with Gasteiger partial charge < -0.3 is 15.7 Å². The van der Waals surface area contributed by atoms with Gasteiger partial charge in [0.1, 0.15) is 0 Å². The summed E-state index contributed by atoms with van der Waals surface area (Å²) in [6.07, 6.45) is 1.93. The number of piperidine rings is 1. The molecular formula is C14H22N2O. The quantitative estimate of drug-likeness (QED) is 0.833. The highest BCUT2D eigenvalue weighted by atomic mass is 16.3. The molecule has 1 aromatic carbocycles. The molecule has 3 nitrogen and oxygen atoms in total. The van der Waals surface area contributed by atoms with Crippen molar-refractivity contribution in [3.63, 3.8) is 0 Å². The van der Waals surface area contributed by atoms with E-state index in [1.165, 1.54) is 6.42 Å². The first-order chi connectivity index (χ1) is 8.20. The van der Waals surface area contributed by atoms with E-state index in [1.54, 1.807) is 0 Å². The number of nitrogens with two attached hydrogens (primary N) is 1. The lowest BCUT2D eigenvalue weighted by atomic mass is 9.88. The van der Waals surface area contributed by atoms with Gasteiger partial charge in [0.15, 0.2) is 0 Å². The van der Waals surface area contributed by atoms with Gasteiger partial charge in [-0.1, -0.05) is 24.3 Å². The lowest BCUT2D eigenvalue weighted by Crippen LogP contribution is -2.35. The van der Waals surface area contributed by atoms with E-state index in [1.807, 2.05) is 24.3 Å². The first-order valence-corrected chi connectivity index (χ1v) is 6.36. The van der Waals surface area contributed by atoms with Gasteiger partial charge in [0.25, 0.3) is 0 Å². The van der Waals surface area contributed by atoms with Crippen molar-refractivity contribution in [2.24, 2.45) is 11.7 Å². The van der Waals surface area contributed by atoms with Gasteiger partial charge in [0, 0.05) is 19.0 Å². The average molecular weight is 234 g/mol. The minimum atomic E-state index is -0.357. The molecule has 1 saturated heterocycles. The Labute approximate surface area is 103 Å². The van der Waals surface area contributed by atoms with E-state index in [0.717, 1.165) is 30.6 Å². The Kier molecular flexibility index (Phi) is 4.15. The summed E-state index contributed by atoms with van der Waals surface area (Å²) >= 11 is 0. The largest absolute Gasteiger partial charge is 0.388 e. The van der Waals surface area contributed by atoms with Crippen LogP contribution in [0.3, 0.4) is 0 Å². The first-order valence-electron chi connectivity index (χ1n) is 6.36. The maximum absolute atomic E-state index is 10.4. The van der Waals surface area contributed by atoms with Crippen LogP contribution in [0.1, 0.15) is 30.1 Å². The second kappa shape index (κ2) is 5.63. The highest BCUT2D eigenvalue weighted by Gasteiger charge is 2.25. The third-order valence-electron chi connectivity index (χ3n) is 3.64. The fourth-order valence-electron chi connectivity index (χ4n) is 2.64. The van der Waals surface area contributed by atoms with Crippen molar-refractivity contribution in [2.45, 2.75) is 25.5 Å². The van der Waals surface area contributed by atoms with Crippen LogP contribution < -0.4 is 5.73 Å². The number of aliphatic hydroxyl groups is 1. The number of hydrogen-bond donors (Lipinski definition) is 2. The van der Waals surface area contributed by atoms with Gasteiger partial charge in [-0.15, -0.1) is 0 Å². The summed E-state index contributed by atoms with van der Waals surface area (Å²) in [6.45, 7) is 2.66. The molecule has 3 heteroatoms. The van der Waals surface area contributed by atoms with Crippen LogP contribution in [-0.4, -0.2) is 30.1 Å². The predicted molar refractivity (Wildman–Crippen MR) is 69.5 cm³/mol. The minimum absolute atomic E-state index is 0.349. The molecule has 0 spiro atoms. The van der Waals surface area contributed by atoms with Crippen LogP contribution in [0.5, 0.6) is 0 Å². The maximum atomic E-state index is 10.4. The molecule has 17 heavy (non-hydrogen) atoms. The van der Waals surface area contributed by atoms with E-state index in [-0.39, 0.29) is 6.10 Å². The van der Waals surface area contributed by atoms with Crippen LogP contribution in [0.15, 0.2) is 24.3 Å². The zero-order chi connectivity index (χ0) is 12.3. The summed E-state index contributed by atoms with van der Waals surface area (Å²) in [7, 11) is 2.12. The highest BCUT2D eigenvalue weighted by Crippen LogP contribution is 2.29. The molecule has 1 heterocycles. The number of benzene rings is 1. The van der Waals surface area contributed by atoms with Crippen LogP contribution in [-0.2, 0) is 6.54 Å². The van der Waals surface area contributed by atoms with Crippen molar-refractivity contribution < 1.29 is 5.11 Å². The van der Waals surface area contributed by atoms with Crippen LogP contribution >= 0.6 is 0 Å². The zero-order valence-electron chi connectivity index (χ0n) is 10.5. The van der Waals surface area contributed by atoms with Gasteiger partial charge in [-0.05, 0) is 37.6 Å². The molecule has 0 amide bonds. The molecule has 2 atom stereocenters. The third kappa shape index (κ3) is 3.06. The standard InChI is InChI=1S/C14H22N2O/c1-16-7-3-6-13(10-16)14(17)12-5-2-4-11(8-12)9-15/h2,4-5,8,13-14,17H,3,6-7,9-10,15H2,1H3. The molecule has 0 radical (unpaired) electrons. The van der Waals surface area contributed by atoms with Crippen LogP contribution in [0.2, 0.25) is 0 Å². The summed E-state index contributed by atoms with van der Waals surface area (Å²) < 4.78 is 0. The summed E-state index contributed by atoms with van der Waals surface area (Å²) in [4.78, 5) is 2.30. The lowest BCUT2D eigenvalue weighted by molar-refractivity contribution is 0.0591. The Hall–Kier alpha value is -0.900. The molecule has 2 unspecified atom stereocenters. The maximum Gasteiger partial charge on any atom is 0.0830 e. The molecule has 0 saturated carbocycles. The van der Waals surface area contributed by atoms with E-state index in [9.17, 15) is 5.11 Å². The smallest absolute Gasteiger partial charge is 0.0830 e. The van der Waals surface area contributed by atoms with E-state index in [4.69, 9.17) is 5.73 Å². The molecule has 0 aliphatic carbocycles. The summed E-state index contributed by atoms with van der Waals surface area (Å²) in [5.41, 5.74) is 7.73. The molecule has 1 aromatic rings. The molecule has 2 rings (SSSR count). The van der Waals surface area contributed by atoms with E-state index in [0.29, 0.717) is 12.5 Å². The minimum Gasteiger partial charge on any atom is -0.388 e. The van der Waals surface area contributed by atoms with Crippen molar-refractivity contribution in [1.82, 2.24) is 4.90 Å². The van der Waals surface area contributed by atoms with E-state index >= 15 is 0 Å². The van der Waals surface area contributed by atoms with Crippen LogP contribution in [0, 0.1) is 5.92 Å². The lowest BCUT2D eigenvalue weighted by Gasteiger charge is -2.33. The second-order valence-corrected chi connectivity index (χ2v) is 5.06. The average Bonchev–Trinajstić information content (AvgIpc) is 2.38. The van der Waals surface area contributed by atoms with Gasteiger partial charge in [-0.2, -0.15) is 0 Å². The Bertz CT molecular complexity index is 367. The van der Waals surface area contributed by atoms with Gasteiger partial charge in [-0.3, -0.25) is 0 Å². The molecular weight excluding hydrogens is 212 g/mol. The van der Waals surface area contributed by atoms with Crippen molar-refractivity contribution >= 4 is 0 Å². The summed E-state index contributed by atoms with van der Waals surface area (Å²) in [5, 5.41) is 10.4. The number of nitrogens with zero attached hydrogens (tertiary/aromatic N) is 1.